The molecule has 2 fully saturated rings. The van der Waals surface area contributed by atoms with Gasteiger partial charge in [-0.1, -0.05) is 0 Å². The van der Waals surface area contributed by atoms with Crippen molar-refractivity contribution in [1.82, 2.24) is 10.2 Å². The van der Waals surface area contributed by atoms with Gasteiger partial charge in [-0.05, 0) is 44.6 Å². The number of aliphatic hydroxyl groups excluding tert-OH is 1. The highest BCUT2D eigenvalue weighted by Gasteiger charge is 2.21. The molecule has 1 heterocycles. The molecule has 2 aliphatic rings. The van der Waals surface area contributed by atoms with Crippen molar-refractivity contribution in [3.63, 3.8) is 0 Å². The van der Waals surface area contributed by atoms with E-state index in [1.54, 1.807) is 0 Å². The predicted molar refractivity (Wildman–Crippen MR) is 72.9 cm³/mol. The Labute approximate surface area is 115 Å². The molecule has 0 aromatic rings. The minimum Gasteiger partial charge on any atom is -0.393 e. The molecule has 0 bridgehead atoms. The van der Waals surface area contributed by atoms with Gasteiger partial charge in [0.25, 0.3) is 0 Å². The SMILES string of the molecule is O=C(COCC1CC1)NCCCN1CCC(O)CC1. The largest absolute Gasteiger partial charge is 0.393 e. The fourth-order valence-corrected chi connectivity index (χ4v) is 2.33. The number of likely N-dealkylation sites (tertiary alicyclic amines) is 1. The molecule has 0 spiro atoms. The Morgan fingerprint density at radius 2 is 2.00 bits per heavy atom. The quantitative estimate of drug-likeness (QED) is 0.626. The molecule has 19 heavy (non-hydrogen) atoms. The number of carbonyl (C=O) groups is 1. The van der Waals surface area contributed by atoms with Crippen LogP contribution in [0.5, 0.6) is 0 Å². The van der Waals surface area contributed by atoms with Crippen LogP contribution in [-0.2, 0) is 9.53 Å². The molecular formula is C14H26N2O3. The van der Waals surface area contributed by atoms with E-state index in [-0.39, 0.29) is 18.6 Å². The zero-order valence-corrected chi connectivity index (χ0v) is 11.6. The number of nitrogens with one attached hydrogen (secondary N) is 1. The summed E-state index contributed by atoms with van der Waals surface area (Å²) in [5, 5.41) is 12.3. The summed E-state index contributed by atoms with van der Waals surface area (Å²) in [6, 6.07) is 0. The Morgan fingerprint density at radius 3 is 2.68 bits per heavy atom. The molecule has 5 nitrogen and oxygen atoms in total. The first-order valence-corrected chi connectivity index (χ1v) is 7.49. The summed E-state index contributed by atoms with van der Waals surface area (Å²) in [5.41, 5.74) is 0. The normalized spacial score (nSPS) is 21.5. The van der Waals surface area contributed by atoms with Gasteiger partial charge >= 0.3 is 0 Å². The number of rotatable bonds is 8. The molecule has 0 aromatic heterocycles. The van der Waals surface area contributed by atoms with Crippen molar-refractivity contribution in [2.45, 2.75) is 38.2 Å². The van der Waals surface area contributed by atoms with Gasteiger partial charge in [-0.25, -0.2) is 0 Å². The first kappa shape index (κ1) is 14.8. The Hall–Kier alpha value is -0.650. The highest BCUT2D eigenvalue weighted by atomic mass is 16.5. The average Bonchev–Trinajstić information content (AvgIpc) is 3.21. The average molecular weight is 270 g/mol. The maximum absolute atomic E-state index is 11.5. The van der Waals surface area contributed by atoms with E-state index >= 15 is 0 Å². The molecule has 0 radical (unpaired) electrons. The van der Waals surface area contributed by atoms with Crippen LogP contribution in [0.4, 0.5) is 0 Å². The highest BCUT2D eigenvalue weighted by molar-refractivity contribution is 5.77. The number of piperidine rings is 1. The number of hydrogen-bond donors (Lipinski definition) is 2. The van der Waals surface area contributed by atoms with Gasteiger partial charge in [-0.15, -0.1) is 0 Å². The number of aliphatic hydroxyl groups is 1. The van der Waals surface area contributed by atoms with Gasteiger partial charge in [0, 0.05) is 19.6 Å². The predicted octanol–water partition coefficient (Wildman–Crippen LogP) is 0.376. The Bertz CT molecular complexity index is 274. The zero-order chi connectivity index (χ0) is 13.5. The Kier molecular flexibility index (Phi) is 6.07. The zero-order valence-electron chi connectivity index (χ0n) is 11.6. The third-order valence-electron chi connectivity index (χ3n) is 3.81. The number of hydrogen-bond acceptors (Lipinski definition) is 4. The highest BCUT2D eigenvalue weighted by Crippen LogP contribution is 2.28. The molecule has 1 saturated carbocycles. The van der Waals surface area contributed by atoms with Crippen molar-refractivity contribution in [1.29, 1.82) is 0 Å². The van der Waals surface area contributed by atoms with E-state index < -0.39 is 0 Å². The lowest BCUT2D eigenvalue weighted by atomic mass is 10.1. The third-order valence-corrected chi connectivity index (χ3v) is 3.81. The number of ether oxygens (including phenoxy) is 1. The molecule has 0 aromatic carbocycles. The summed E-state index contributed by atoms with van der Waals surface area (Å²) in [4.78, 5) is 13.8. The monoisotopic (exact) mass is 270 g/mol. The van der Waals surface area contributed by atoms with Crippen molar-refractivity contribution in [3.8, 4) is 0 Å². The van der Waals surface area contributed by atoms with Crippen LogP contribution in [0.25, 0.3) is 0 Å². The van der Waals surface area contributed by atoms with E-state index in [1.165, 1.54) is 12.8 Å². The van der Waals surface area contributed by atoms with Crippen LogP contribution < -0.4 is 5.32 Å². The van der Waals surface area contributed by atoms with E-state index in [1.807, 2.05) is 0 Å². The van der Waals surface area contributed by atoms with E-state index in [9.17, 15) is 9.90 Å². The molecule has 1 amide bonds. The van der Waals surface area contributed by atoms with Crippen molar-refractivity contribution in [2.24, 2.45) is 5.92 Å². The number of amides is 1. The Balaban J connectivity index is 1.41. The van der Waals surface area contributed by atoms with Crippen molar-refractivity contribution < 1.29 is 14.6 Å². The van der Waals surface area contributed by atoms with Gasteiger partial charge in [0.1, 0.15) is 6.61 Å². The second-order valence-electron chi connectivity index (χ2n) is 5.73. The van der Waals surface area contributed by atoms with Crippen molar-refractivity contribution >= 4 is 5.91 Å². The van der Waals surface area contributed by atoms with Gasteiger partial charge in [0.2, 0.25) is 5.91 Å². The molecule has 1 aliphatic carbocycles. The molecule has 0 atom stereocenters. The van der Waals surface area contributed by atoms with Crippen LogP contribution in [0.3, 0.4) is 0 Å². The lowest BCUT2D eigenvalue weighted by Gasteiger charge is -2.29. The lowest BCUT2D eigenvalue weighted by Crippen LogP contribution is -2.38. The minimum absolute atomic E-state index is 0.00489. The molecule has 2 rings (SSSR count). The number of nitrogens with zero attached hydrogens (tertiary/aromatic N) is 1. The first-order valence-electron chi connectivity index (χ1n) is 7.49. The summed E-state index contributed by atoms with van der Waals surface area (Å²) in [6.45, 7) is 4.59. The Morgan fingerprint density at radius 1 is 1.26 bits per heavy atom. The van der Waals surface area contributed by atoms with E-state index in [4.69, 9.17) is 4.74 Å². The van der Waals surface area contributed by atoms with E-state index in [0.29, 0.717) is 12.5 Å². The smallest absolute Gasteiger partial charge is 0.245 e. The van der Waals surface area contributed by atoms with Crippen LogP contribution >= 0.6 is 0 Å². The van der Waals surface area contributed by atoms with Crippen LogP contribution in [0.2, 0.25) is 0 Å². The van der Waals surface area contributed by atoms with Crippen LogP contribution in [0.1, 0.15) is 32.1 Å². The summed E-state index contributed by atoms with van der Waals surface area (Å²) >= 11 is 0. The maximum Gasteiger partial charge on any atom is 0.245 e. The van der Waals surface area contributed by atoms with Crippen LogP contribution in [0.15, 0.2) is 0 Å². The van der Waals surface area contributed by atoms with Gasteiger partial charge in [0.05, 0.1) is 12.7 Å². The fourth-order valence-electron chi connectivity index (χ4n) is 2.33. The van der Waals surface area contributed by atoms with Gasteiger partial charge < -0.3 is 20.1 Å². The lowest BCUT2D eigenvalue weighted by molar-refractivity contribution is -0.125. The molecule has 0 unspecified atom stereocenters. The second kappa shape index (κ2) is 7.82. The molecule has 2 N–H and O–H groups in total. The molecule has 1 saturated heterocycles. The summed E-state index contributed by atoms with van der Waals surface area (Å²) in [7, 11) is 0. The molecule has 110 valence electrons. The maximum atomic E-state index is 11.5. The van der Waals surface area contributed by atoms with Crippen molar-refractivity contribution in [3.05, 3.63) is 0 Å². The summed E-state index contributed by atoms with van der Waals surface area (Å²) < 4.78 is 5.33. The summed E-state index contributed by atoms with van der Waals surface area (Å²) in [6.07, 6.45) is 5.12. The number of carbonyl (C=O) groups excluding carboxylic acids is 1. The van der Waals surface area contributed by atoms with Gasteiger partial charge in [-0.2, -0.15) is 0 Å². The van der Waals surface area contributed by atoms with Gasteiger partial charge in [0.15, 0.2) is 0 Å². The minimum atomic E-state index is -0.112. The summed E-state index contributed by atoms with van der Waals surface area (Å²) in [5.74, 6) is 0.706. The van der Waals surface area contributed by atoms with Gasteiger partial charge in [-0.3, -0.25) is 4.79 Å². The van der Waals surface area contributed by atoms with Crippen LogP contribution in [-0.4, -0.2) is 61.4 Å². The molecule has 1 aliphatic heterocycles. The second-order valence-corrected chi connectivity index (χ2v) is 5.73. The molecular weight excluding hydrogens is 244 g/mol. The van der Waals surface area contributed by atoms with Crippen molar-refractivity contribution in [2.75, 3.05) is 39.4 Å². The standard InChI is InChI=1S/C14H26N2O3/c17-13-4-8-16(9-5-13)7-1-6-15-14(18)11-19-10-12-2-3-12/h12-13,17H,1-11H2,(H,15,18). The van der Waals surface area contributed by atoms with Crippen LogP contribution in [0, 0.1) is 5.92 Å². The van der Waals surface area contributed by atoms with E-state index in [2.05, 4.69) is 10.2 Å². The fraction of sp³-hybridized carbons (Fsp3) is 0.929. The third kappa shape index (κ3) is 6.36. The first-order chi connectivity index (χ1) is 9.24. The van der Waals surface area contributed by atoms with E-state index in [0.717, 1.165) is 45.5 Å². The molecule has 5 heteroatoms. The topological polar surface area (TPSA) is 61.8 Å².